The molecule has 1 aromatic carbocycles. The molecule has 1 amide bonds. The second kappa shape index (κ2) is 3.92. The van der Waals surface area contributed by atoms with Crippen molar-refractivity contribution in [1.82, 2.24) is 4.98 Å². The Labute approximate surface area is 100 Å². The summed E-state index contributed by atoms with van der Waals surface area (Å²) < 4.78 is 9.68. The smallest absolute Gasteiger partial charge is 0.417 e. The number of carbonyl (C=O) groups excluding carboxylic acids is 1. The van der Waals surface area contributed by atoms with Crippen LogP contribution in [-0.4, -0.2) is 10.9 Å². The number of carbonyl (C=O) groups is 1. The summed E-state index contributed by atoms with van der Waals surface area (Å²) in [6.07, 6.45) is 2.78. The van der Waals surface area contributed by atoms with E-state index in [9.17, 15) is 9.59 Å². The minimum atomic E-state index is -0.525. The van der Waals surface area contributed by atoms with E-state index in [1.807, 2.05) is 0 Å². The molecule has 0 aliphatic carbocycles. The lowest BCUT2D eigenvalue weighted by Gasteiger charge is -2.02. The molecule has 6 nitrogen and oxygen atoms in total. The highest BCUT2D eigenvalue weighted by Gasteiger charge is 2.08. The maximum Gasteiger partial charge on any atom is 0.417 e. The van der Waals surface area contributed by atoms with E-state index in [1.54, 1.807) is 24.3 Å². The van der Waals surface area contributed by atoms with Crippen molar-refractivity contribution in [1.29, 1.82) is 0 Å². The summed E-state index contributed by atoms with van der Waals surface area (Å²) in [5.41, 5.74) is 1.97. The first-order chi connectivity index (χ1) is 8.72. The molecule has 0 spiro atoms. The zero-order valence-electron chi connectivity index (χ0n) is 9.10. The number of nitrogens with one attached hydrogen (secondary N) is 2. The largest absolute Gasteiger partial charge is 0.472 e. The van der Waals surface area contributed by atoms with Crippen LogP contribution in [0, 0.1) is 0 Å². The Morgan fingerprint density at radius 1 is 1.28 bits per heavy atom. The molecule has 90 valence electrons. The van der Waals surface area contributed by atoms with Crippen molar-refractivity contribution in [2.45, 2.75) is 0 Å². The molecule has 0 aliphatic heterocycles. The first-order valence-electron chi connectivity index (χ1n) is 5.19. The Morgan fingerprint density at radius 2 is 2.17 bits per heavy atom. The molecule has 0 radical (unpaired) electrons. The van der Waals surface area contributed by atoms with Gasteiger partial charge < -0.3 is 14.2 Å². The molecule has 3 rings (SSSR count). The average molecular weight is 244 g/mol. The van der Waals surface area contributed by atoms with E-state index in [0.29, 0.717) is 22.4 Å². The van der Waals surface area contributed by atoms with Crippen LogP contribution < -0.4 is 11.1 Å². The molecule has 0 aliphatic rings. The second-order valence-corrected chi connectivity index (χ2v) is 3.69. The molecule has 0 fully saturated rings. The second-order valence-electron chi connectivity index (χ2n) is 3.69. The quantitative estimate of drug-likeness (QED) is 0.721. The fourth-order valence-corrected chi connectivity index (χ4v) is 1.63. The number of aromatic amines is 1. The molecule has 6 heteroatoms. The van der Waals surface area contributed by atoms with Gasteiger partial charge in [0, 0.05) is 5.69 Å². The third kappa shape index (κ3) is 1.80. The Morgan fingerprint density at radius 3 is 2.94 bits per heavy atom. The van der Waals surface area contributed by atoms with E-state index in [-0.39, 0.29) is 5.91 Å². The highest BCUT2D eigenvalue weighted by molar-refractivity contribution is 6.04. The van der Waals surface area contributed by atoms with Crippen molar-refractivity contribution in [3.8, 4) is 0 Å². The van der Waals surface area contributed by atoms with Crippen molar-refractivity contribution in [3.05, 3.63) is 52.9 Å². The van der Waals surface area contributed by atoms with Crippen LogP contribution in [0.2, 0.25) is 0 Å². The average Bonchev–Trinajstić information content (AvgIpc) is 2.95. The van der Waals surface area contributed by atoms with E-state index in [1.165, 1.54) is 12.5 Å². The van der Waals surface area contributed by atoms with Gasteiger partial charge in [0.1, 0.15) is 6.26 Å². The van der Waals surface area contributed by atoms with Gasteiger partial charge in [-0.05, 0) is 24.3 Å². The van der Waals surface area contributed by atoms with E-state index in [0.717, 1.165) is 0 Å². The zero-order valence-corrected chi connectivity index (χ0v) is 9.10. The van der Waals surface area contributed by atoms with Crippen LogP contribution in [0.15, 0.2) is 50.4 Å². The fraction of sp³-hybridized carbons (Fsp3) is 0. The van der Waals surface area contributed by atoms with Crippen LogP contribution in [0.1, 0.15) is 10.4 Å². The van der Waals surface area contributed by atoms with Gasteiger partial charge in [-0.15, -0.1) is 0 Å². The van der Waals surface area contributed by atoms with E-state index >= 15 is 0 Å². The summed E-state index contributed by atoms with van der Waals surface area (Å²) in [5.74, 6) is -0.808. The Balaban J connectivity index is 1.91. The number of H-pyrrole nitrogens is 1. The van der Waals surface area contributed by atoms with Crippen molar-refractivity contribution < 1.29 is 13.6 Å². The molecule has 2 heterocycles. The standard InChI is InChI=1S/C12H8N2O4/c15-11(7-3-4-17-6-7)13-8-1-2-10-9(5-8)14-12(16)18-10/h1-6H,(H,13,15)(H,14,16). The number of hydrogen-bond acceptors (Lipinski definition) is 4. The molecule has 0 atom stereocenters. The van der Waals surface area contributed by atoms with Gasteiger partial charge in [-0.3, -0.25) is 9.78 Å². The summed E-state index contributed by atoms with van der Waals surface area (Å²) in [7, 11) is 0. The van der Waals surface area contributed by atoms with Gasteiger partial charge in [0.15, 0.2) is 5.58 Å². The lowest BCUT2D eigenvalue weighted by molar-refractivity contribution is 0.102. The SMILES string of the molecule is O=C(Nc1ccc2oc(=O)[nH]c2c1)c1ccoc1. The summed E-state index contributed by atoms with van der Waals surface area (Å²) in [6.45, 7) is 0. The third-order valence-electron chi connectivity index (χ3n) is 2.46. The zero-order chi connectivity index (χ0) is 12.5. The number of hydrogen-bond donors (Lipinski definition) is 2. The maximum atomic E-state index is 11.7. The van der Waals surface area contributed by atoms with E-state index in [2.05, 4.69) is 10.3 Å². The molecule has 0 saturated heterocycles. The number of fused-ring (bicyclic) bond motifs is 1. The highest BCUT2D eigenvalue weighted by Crippen LogP contribution is 2.17. The lowest BCUT2D eigenvalue weighted by Crippen LogP contribution is -2.10. The molecule has 0 saturated carbocycles. The molecule has 0 bridgehead atoms. The third-order valence-corrected chi connectivity index (χ3v) is 2.46. The van der Waals surface area contributed by atoms with Gasteiger partial charge in [0.05, 0.1) is 17.3 Å². The highest BCUT2D eigenvalue weighted by atomic mass is 16.4. The monoisotopic (exact) mass is 244 g/mol. The molecular formula is C12H8N2O4. The number of benzene rings is 1. The minimum absolute atomic E-state index is 0.283. The predicted molar refractivity (Wildman–Crippen MR) is 63.5 cm³/mol. The molecule has 3 aromatic rings. The number of oxazole rings is 1. The van der Waals surface area contributed by atoms with Crippen molar-refractivity contribution in [2.24, 2.45) is 0 Å². The van der Waals surface area contributed by atoms with Gasteiger partial charge in [0.2, 0.25) is 0 Å². The van der Waals surface area contributed by atoms with Gasteiger partial charge in [-0.25, -0.2) is 4.79 Å². The summed E-state index contributed by atoms with van der Waals surface area (Å²) in [6, 6.07) is 6.45. The van der Waals surface area contributed by atoms with Crippen LogP contribution in [0.4, 0.5) is 5.69 Å². The summed E-state index contributed by atoms with van der Waals surface area (Å²) in [4.78, 5) is 25.3. The molecule has 0 unspecified atom stereocenters. The van der Waals surface area contributed by atoms with Gasteiger partial charge in [-0.2, -0.15) is 0 Å². The molecular weight excluding hydrogens is 236 g/mol. The van der Waals surface area contributed by atoms with Crippen molar-refractivity contribution in [2.75, 3.05) is 5.32 Å². The Hall–Kier alpha value is -2.76. The van der Waals surface area contributed by atoms with Crippen LogP contribution in [0.3, 0.4) is 0 Å². The summed E-state index contributed by atoms with van der Waals surface area (Å²) in [5, 5.41) is 2.68. The van der Waals surface area contributed by atoms with Crippen molar-refractivity contribution >= 4 is 22.7 Å². The van der Waals surface area contributed by atoms with E-state index in [4.69, 9.17) is 8.83 Å². The van der Waals surface area contributed by atoms with Crippen molar-refractivity contribution in [3.63, 3.8) is 0 Å². The summed E-state index contributed by atoms with van der Waals surface area (Å²) >= 11 is 0. The van der Waals surface area contributed by atoms with Crippen LogP contribution in [0.25, 0.3) is 11.1 Å². The Bertz CT molecular complexity index is 752. The normalized spacial score (nSPS) is 10.7. The van der Waals surface area contributed by atoms with Gasteiger partial charge in [-0.1, -0.05) is 0 Å². The molecule has 2 aromatic heterocycles. The van der Waals surface area contributed by atoms with E-state index < -0.39 is 5.76 Å². The number of rotatable bonds is 2. The van der Waals surface area contributed by atoms with Gasteiger partial charge in [0.25, 0.3) is 5.91 Å². The lowest BCUT2D eigenvalue weighted by atomic mass is 10.2. The Kier molecular flexibility index (Phi) is 2.26. The number of furan rings is 1. The number of anilines is 1. The first-order valence-corrected chi connectivity index (χ1v) is 5.19. The maximum absolute atomic E-state index is 11.7. The van der Waals surface area contributed by atoms with Crippen LogP contribution in [-0.2, 0) is 0 Å². The fourth-order valence-electron chi connectivity index (χ4n) is 1.63. The first kappa shape index (κ1) is 10.4. The van der Waals surface area contributed by atoms with Gasteiger partial charge >= 0.3 is 5.76 Å². The number of aromatic nitrogens is 1. The number of amides is 1. The van der Waals surface area contributed by atoms with Crippen LogP contribution in [0.5, 0.6) is 0 Å². The molecule has 18 heavy (non-hydrogen) atoms. The topological polar surface area (TPSA) is 88.2 Å². The minimum Gasteiger partial charge on any atom is -0.472 e. The molecule has 2 N–H and O–H groups in total. The predicted octanol–water partition coefficient (Wildman–Crippen LogP) is 1.97. The van der Waals surface area contributed by atoms with Crippen LogP contribution >= 0.6 is 0 Å².